The number of carboxylic acids is 2. The molecule has 2 N–H and O–H groups in total. The van der Waals surface area contributed by atoms with Crippen molar-refractivity contribution in [1.29, 1.82) is 0 Å². The number of quaternary nitrogens is 1. The number of carboxylic acid groups (broad SMARTS) is 2. The van der Waals surface area contributed by atoms with E-state index in [0.29, 0.717) is 10.8 Å². The van der Waals surface area contributed by atoms with E-state index in [2.05, 4.69) is 56.9 Å². The Morgan fingerprint density at radius 1 is 1.23 bits per heavy atom. The normalized spacial score (nSPS) is 28.1. The Hall–Kier alpha value is -2.32. The van der Waals surface area contributed by atoms with E-state index in [4.69, 9.17) is 19.8 Å². The minimum absolute atomic E-state index is 0.520. The van der Waals surface area contributed by atoms with Crippen molar-refractivity contribution < 1.29 is 24.7 Å². The van der Waals surface area contributed by atoms with E-state index >= 15 is 0 Å². The van der Waals surface area contributed by atoms with Crippen molar-refractivity contribution in [3.05, 3.63) is 35.9 Å². The van der Waals surface area contributed by atoms with E-state index in [0.717, 1.165) is 18.2 Å². The molecule has 2 bridgehead atoms. The van der Waals surface area contributed by atoms with Crippen LogP contribution in [-0.2, 0) is 9.59 Å². The smallest absolute Gasteiger partial charge is 0.351 e. The summed E-state index contributed by atoms with van der Waals surface area (Å²) in [6.45, 7) is 9.68. The molecule has 1 aliphatic carbocycles. The third-order valence-corrected chi connectivity index (χ3v) is 5.17. The first kappa shape index (κ1) is 20.0. The van der Waals surface area contributed by atoms with Gasteiger partial charge in [0.2, 0.25) is 0 Å². The van der Waals surface area contributed by atoms with Crippen LogP contribution in [0.15, 0.2) is 30.3 Å². The van der Waals surface area contributed by atoms with Gasteiger partial charge in [0.1, 0.15) is 6.54 Å². The van der Waals surface area contributed by atoms with Crippen LogP contribution in [0.1, 0.15) is 45.6 Å². The number of carbonyl (C=O) groups is 2. The van der Waals surface area contributed by atoms with Gasteiger partial charge in [-0.15, -0.1) is 0 Å². The van der Waals surface area contributed by atoms with Crippen LogP contribution in [-0.4, -0.2) is 36.2 Å². The Morgan fingerprint density at radius 3 is 2.42 bits per heavy atom. The van der Waals surface area contributed by atoms with Gasteiger partial charge in [0.15, 0.2) is 5.97 Å². The van der Waals surface area contributed by atoms with Gasteiger partial charge in [0.05, 0.1) is 12.6 Å². The van der Waals surface area contributed by atoms with Crippen molar-refractivity contribution in [2.24, 2.45) is 10.8 Å². The summed E-state index contributed by atoms with van der Waals surface area (Å²) >= 11 is 0. The molecule has 3 unspecified atom stereocenters. The quantitative estimate of drug-likeness (QED) is 0.561. The highest BCUT2D eigenvalue weighted by molar-refractivity contribution is 6.26. The molecule has 0 amide bonds. The standard InChI is InChI=1S/C19H25N.C2H2O4/c1-18(2)12-17-13-19(3,14-18)15-20(17)11-7-10-16-8-5-4-6-9-16;3-1(4)2(5)6/h4-6,8-9,17H,11-15H2,1-3H3;(H,3,4)(H,5,6). The van der Waals surface area contributed by atoms with Gasteiger partial charge >= 0.3 is 5.97 Å². The van der Waals surface area contributed by atoms with Crippen LogP contribution in [0.3, 0.4) is 0 Å². The maximum Gasteiger partial charge on any atom is 0.351 e. The lowest BCUT2D eigenvalue weighted by Crippen LogP contribution is -3.13. The molecule has 5 heteroatoms. The Balaban J connectivity index is 0.000000352. The van der Waals surface area contributed by atoms with E-state index in [1.54, 1.807) is 4.90 Å². The average Bonchev–Trinajstić information content (AvgIpc) is 2.77. The fourth-order valence-electron chi connectivity index (χ4n) is 4.74. The number of fused-ring (bicyclic) bond motifs is 2. The molecule has 1 aromatic carbocycles. The van der Waals surface area contributed by atoms with Crippen LogP contribution < -0.4 is 10.0 Å². The number of rotatable bonds is 1. The number of nitrogens with one attached hydrogen (secondary N) is 1. The van der Waals surface area contributed by atoms with E-state index in [1.165, 1.54) is 25.8 Å². The molecule has 3 rings (SSSR count). The fourth-order valence-corrected chi connectivity index (χ4v) is 4.74. The third kappa shape index (κ3) is 5.60. The van der Waals surface area contributed by atoms with E-state index in [1.807, 2.05) is 6.07 Å². The molecule has 0 spiro atoms. The molecule has 2 aliphatic rings. The molecular weight excluding hydrogens is 330 g/mol. The zero-order valence-corrected chi connectivity index (χ0v) is 15.7. The lowest BCUT2D eigenvalue weighted by Gasteiger charge is -2.37. The van der Waals surface area contributed by atoms with Gasteiger partial charge in [-0.1, -0.05) is 44.9 Å². The van der Waals surface area contributed by atoms with Gasteiger partial charge in [0.25, 0.3) is 0 Å². The zero-order chi connectivity index (χ0) is 19.4. The molecule has 3 atom stereocenters. The van der Waals surface area contributed by atoms with Gasteiger partial charge in [0, 0.05) is 23.8 Å². The minimum atomic E-state index is -2.07. The summed E-state index contributed by atoms with van der Waals surface area (Å²) in [6, 6.07) is 11.2. The van der Waals surface area contributed by atoms with Crippen LogP contribution in [0, 0.1) is 22.7 Å². The van der Waals surface area contributed by atoms with E-state index < -0.39 is 11.9 Å². The molecule has 1 saturated carbocycles. The largest absolute Gasteiger partial charge is 0.539 e. The monoisotopic (exact) mass is 357 g/mol. The SMILES string of the molecule is CC1(C)CC2CC(C)(C[NH+]2CC#Cc2ccccc2)C1.O=C([O-])C(=O)O. The summed E-state index contributed by atoms with van der Waals surface area (Å²) in [6.07, 6.45) is 4.15. The average molecular weight is 357 g/mol. The Kier molecular flexibility index (Phi) is 6.09. The summed E-state index contributed by atoms with van der Waals surface area (Å²) in [4.78, 5) is 19.7. The second kappa shape index (κ2) is 7.92. The predicted octanol–water partition coefficient (Wildman–Crippen LogP) is 0.343. The van der Waals surface area contributed by atoms with E-state index in [-0.39, 0.29) is 0 Å². The number of aliphatic carboxylic acids is 2. The molecule has 0 aromatic heterocycles. The number of likely N-dealkylation sites (tertiary alicyclic amines) is 1. The maximum absolute atomic E-state index is 9.04. The number of hydrogen-bond donors (Lipinski definition) is 2. The van der Waals surface area contributed by atoms with Crippen LogP contribution in [0.25, 0.3) is 0 Å². The number of hydrogen-bond acceptors (Lipinski definition) is 3. The maximum atomic E-state index is 9.04. The zero-order valence-electron chi connectivity index (χ0n) is 15.7. The predicted molar refractivity (Wildman–Crippen MR) is 96.2 cm³/mol. The van der Waals surface area contributed by atoms with Crippen molar-refractivity contribution in [2.75, 3.05) is 13.1 Å². The van der Waals surface area contributed by atoms with Gasteiger partial charge in [-0.3, -0.25) is 0 Å². The van der Waals surface area contributed by atoms with Crippen LogP contribution in [0.5, 0.6) is 0 Å². The van der Waals surface area contributed by atoms with Crippen molar-refractivity contribution in [2.45, 2.75) is 46.1 Å². The molecule has 2 fully saturated rings. The minimum Gasteiger partial charge on any atom is -0.539 e. The summed E-state index contributed by atoms with van der Waals surface area (Å²) in [5, 5.41) is 16.3. The van der Waals surface area contributed by atoms with Crippen molar-refractivity contribution >= 4 is 11.9 Å². The second-order valence-electron chi connectivity index (χ2n) is 8.53. The summed E-state index contributed by atoms with van der Waals surface area (Å²) < 4.78 is 0. The fraction of sp³-hybridized carbons (Fsp3) is 0.524. The summed E-state index contributed by atoms with van der Waals surface area (Å²) in [7, 11) is 0. The van der Waals surface area contributed by atoms with E-state index in [9.17, 15) is 0 Å². The van der Waals surface area contributed by atoms with Gasteiger partial charge in [-0.25, -0.2) is 4.79 Å². The Bertz CT molecular complexity index is 705. The molecule has 0 radical (unpaired) electrons. The van der Waals surface area contributed by atoms with Crippen molar-refractivity contribution in [1.82, 2.24) is 0 Å². The third-order valence-electron chi connectivity index (χ3n) is 5.17. The van der Waals surface area contributed by atoms with Crippen LogP contribution >= 0.6 is 0 Å². The lowest BCUT2D eigenvalue weighted by atomic mass is 9.65. The Labute approximate surface area is 155 Å². The lowest BCUT2D eigenvalue weighted by molar-refractivity contribution is -0.907. The topological polar surface area (TPSA) is 81.9 Å². The highest BCUT2D eigenvalue weighted by atomic mass is 16.4. The molecule has 26 heavy (non-hydrogen) atoms. The Morgan fingerprint density at radius 2 is 1.85 bits per heavy atom. The molecule has 1 aromatic rings. The van der Waals surface area contributed by atoms with Gasteiger partial charge in [-0.2, -0.15) is 0 Å². The number of benzene rings is 1. The molecule has 140 valence electrons. The van der Waals surface area contributed by atoms with Crippen molar-refractivity contribution in [3.8, 4) is 11.8 Å². The highest BCUT2D eigenvalue weighted by Gasteiger charge is 2.52. The van der Waals surface area contributed by atoms with Crippen molar-refractivity contribution in [3.63, 3.8) is 0 Å². The summed E-state index contributed by atoms with van der Waals surface area (Å²) in [5.41, 5.74) is 2.21. The van der Waals surface area contributed by atoms with Gasteiger partial charge < -0.3 is 19.9 Å². The molecule has 1 aliphatic heterocycles. The first-order valence-corrected chi connectivity index (χ1v) is 8.93. The van der Waals surface area contributed by atoms with Crippen LogP contribution in [0.2, 0.25) is 0 Å². The first-order valence-electron chi connectivity index (χ1n) is 8.93. The second-order valence-corrected chi connectivity index (χ2v) is 8.53. The number of carbonyl (C=O) groups excluding carboxylic acids is 1. The van der Waals surface area contributed by atoms with Crippen LogP contribution in [0.4, 0.5) is 0 Å². The highest BCUT2D eigenvalue weighted by Crippen LogP contribution is 2.47. The first-order chi connectivity index (χ1) is 12.1. The van der Waals surface area contributed by atoms with Gasteiger partial charge in [-0.05, 0) is 29.9 Å². The molecule has 1 heterocycles. The molecular formula is C21H27NO4. The summed E-state index contributed by atoms with van der Waals surface area (Å²) in [5.74, 6) is 2.72. The molecule has 5 nitrogen and oxygen atoms in total. The molecule has 1 saturated heterocycles.